The third-order valence-corrected chi connectivity index (χ3v) is 5.19. The van der Waals surface area contributed by atoms with Gasteiger partial charge in [0.25, 0.3) is 0 Å². The molecule has 0 unspecified atom stereocenters. The van der Waals surface area contributed by atoms with Gasteiger partial charge in [0.2, 0.25) is 0 Å². The van der Waals surface area contributed by atoms with Gasteiger partial charge in [0.05, 0.1) is 13.2 Å². The molecule has 6 nitrogen and oxygen atoms in total. The first-order chi connectivity index (χ1) is 14.2. The van der Waals surface area contributed by atoms with E-state index in [4.69, 9.17) is 9.73 Å². The minimum Gasteiger partial charge on any atom is -0.493 e. The lowest BCUT2D eigenvalue weighted by atomic mass is 10.1. The minimum atomic E-state index is 0. The van der Waals surface area contributed by atoms with Crippen LogP contribution in [0.3, 0.4) is 0 Å². The number of aryl methyl sites for hydroxylation is 3. The van der Waals surface area contributed by atoms with E-state index >= 15 is 0 Å². The van der Waals surface area contributed by atoms with Crippen molar-refractivity contribution in [3.05, 3.63) is 47.5 Å². The smallest absolute Gasteiger partial charge is 0.191 e. The van der Waals surface area contributed by atoms with Crippen molar-refractivity contribution in [3.8, 4) is 5.75 Å². The number of nitrogens with one attached hydrogen (secondary N) is 2. The molecule has 2 aromatic rings. The van der Waals surface area contributed by atoms with Crippen LogP contribution in [0.5, 0.6) is 5.75 Å². The standard InChI is InChI=1S/C23H35N5O.HI/c1-4-24-23(26-11-5-6-13-28-14-12-25-19(28)3)27-16-21-10-7-18(2)15-22(21)29-17-20-8-9-20;/h7,10,12,14-15,20H,4-6,8-9,11,13,16-17H2,1-3H3,(H2,24,26,27);1H. The molecule has 1 aromatic carbocycles. The zero-order valence-corrected chi connectivity index (χ0v) is 20.8. The molecule has 1 saturated carbocycles. The zero-order valence-electron chi connectivity index (χ0n) is 18.5. The van der Waals surface area contributed by atoms with Gasteiger partial charge in [-0.2, -0.15) is 0 Å². The predicted octanol–water partition coefficient (Wildman–Crippen LogP) is 4.44. The normalized spacial score (nSPS) is 13.6. The number of hydrogen-bond acceptors (Lipinski definition) is 3. The summed E-state index contributed by atoms with van der Waals surface area (Å²) in [5.74, 6) is 3.66. The van der Waals surface area contributed by atoms with Gasteiger partial charge in [-0.3, -0.25) is 0 Å². The fourth-order valence-corrected chi connectivity index (χ4v) is 3.18. The van der Waals surface area contributed by atoms with Crippen molar-refractivity contribution in [3.63, 3.8) is 0 Å². The SMILES string of the molecule is CCNC(=NCc1ccc(C)cc1OCC1CC1)NCCCCn1ccnc1C.I. The highest BCUT2D eigenvalue weighted by Gasteiger charge is 2.22. The number of imidazole rings is 1. The van der Waals surface area contributed by atoms with Crippen molar-refractivity contribution < 1.29 is 4.74 Å². The average molecular weight is 525 g/mol. The minimum absolute atomic E-state index is 0. The monoisotopic (exact) mass is 525 g/mol. The van der Waals surface area contributed by atoms with Gasteiger partial charge in [-0.05, 0) is 64.0 Å². The highest BCUT2D eigenvalue weighted by atomic mass is 127. The molecule has 0 radical (unpaired) electrons. The lowest BCUT2D eigenvalue weighted by molar-refractivity contribution is 0.296. The number of aliphatic imine (C=N–C) groups is 1. The summed E-state index contributed by atoms with van der Waals surface area (Å²) in [5.41, 5.74) is 2.37. The Kier molecular flexibility index (Phi) is 10.5. The van der Waals surface area contributed by atoms with Crippen molar-refractivity contribution in [2.45, 2.75) is 59.5 Å². The first-order valence-corrected chi connectivity index (χ1v) is 10.9. The second-order valence-electron chi connectivity index (χ2n) is 7.86. The van der Waals surface area contributed by atoms with Gasteiger partial charge >= 0.3 is 0 Å². The molecule has 7 heteroatoms. The highest BCUT2D eigenvalue weighted by molar-refractivity contribution is 14.0. The first-order valence-electron chi connectivity index (χ1n) is 10.9. The Bertz CT molecular complexity index is 801. The van der Waals surface area contributed by atoms with Crippen molar-refractivity contribution >= 4 is 29.9 Å². The Balaban J connectivity index is 0.00000320. The predicted molar refractivity (Wildman–Crippen MR) is 134 cm³/mol. The van der Waals surface area contributed by atoms with E-state index in [1.807, 2.05) is 19.3 Å². The van der Waals surface area contributed by atoms with Crippen molar-refractivity contribution in [1.82, 2.24) is 20.2 Å². The summed E-state index contributed by atoms with van der Waals surface area (Å²) >= 11 is 0. The van der Waals surface area contributed by atoms with Crippen LogP contribution in [0.4, 0.5) is 0 Å². The number of benzene rings is 1. The molecule has 30 heavy (non-hydrogen) atoms. The van der Waals surface area contributed by atoms with E-state index in [0.29, 0.717) is 6.54 Å². The second-order valence-corrected chi connectivity index (χ2v) is 7.86. The fourth-order valence-electron chi connectivity index (χ4n) is 3.18. The number of hydrogen-bond donors (Lipinski definition) is 2. The van der Waals surface area contributed by atoms with Crippen LogP contribution in [0.2, 0.25) is 0 Å². The quantitative estimate of drug-likeness (QED) is 0.197. The molecule has 3 rings (SSSR count). The number of halogens is 1. The molecule has 1 heterocycles. The van der Waals surface area contributed by atoms with Gasteiger partial charge < -0.3 is 19.9 Å². The number of rotatable bonds is 11. The van der Waals surface area contributed by atoms with Crippen LogP contribution in [0.25, 0.3) is 0 Å². The summed E-state index contributed by atoms with van der Waals surface area (Å²) in [5, 5.41) is 6.79. The molecule has 1 aromatic heterocycles. The summed E-state index contributed by atoms with van der Waals surface area (Å²) in [6.45, 7) is 10.4. The van der Waals surface area contributed by atoms with E-state index in [2.05, 4.69) is 52.2 Å². The molecule has 166 valence electrons. The Labute approximate surface area is 197 Å². The van der Waals surface area contributed by atoms with Gasteiger partial charge in [0.1, 0.15) is 11.6 Å². The first kappa shape index (κ1) is 24.5. The summed E-state index contributed by atoms with van der Waals surface area (Å²) in [7, 11) is 0. The molecule has 0 bridgehead atoms. The summed E-state index contributed by atoms with van der Waals surface area (Å²) < 4.78 is 8.27. The lowest BCUT2D eigenvalue weighted by Crippen LogP contribution is -2.37. The molecule has 0 saturated heterocycles. The fraction of sp³-hybridized carbons (Fsp3) is 0.565. The molecular weight excluding hydrogens is 489 g/mol. The highest BCUT2D eigenvalue weighted by Crippen LogP contribution is 2.30. The maximum absolute atomic E-state index is 6.07. The van der Waals surface area contributed by atoms with Crippen LogP contribution in [-0.4, -0.2) is 35.2 Å². The van der Waals surface area contributed by atoms with Gasteiger partial charge in [0, 0.05) is 37.6 Å². The summed E-state index contributed by atoms with van der Waals surface area (Å²) in [6.07, 6.45) is 8.70. The Hall–Kier alpha value is -1.77. The van der Waals surface area contributed by atoms with Gasteiger partial charge in [-0.1, -0.05) is 12.1 Å². The molecule has 1 fully saturated rings. The number of guanidine groups is 1. The molecule has 1 aliphatic rings. The van der Waals surface area contributed by atoms with Gasteiger partial charge in [-0.25, -0.2) is 9.98 Å². The van der Waals surface area contributed by atoms with Gasteiger partial charge in [0.15, 0.2) is 5.96 Å². The topological polar surface area (TPSA) is 63.5 Å². The van der Waals surface area contributed by atoms with E-state index in [1.54, 1.807) is 0 Å². The van der Waals surface area contributed by atoms with Gasteiger partial charge in [-0.15, -0.1) is 24.0 Å². The Morgan fingerprint density at radius 3 is 2.77 bits per heavy atom. The average Bonchev–Trinajstić information content (AvgIpc) is 3.46. The van der Waals surface area contributed by atoms with E-state index in [1.165, 1.54) is 18.4 Å². The lowest BCUT2D eigenvalue weighted by Gasteiger charge is -2.14. The third kappa shape index (κ3) is 8.16. The van der Waals surface area contributed by atoms with Crippen LogP contribution in [0.1, 0.15) is 49.6 Å². The number of nitrogens with zero attached hydrogens (tertiary/aromatic N) is 3. The number of ether oxygens (including phenoxy) is 1. The Morgan fingerprint density at radius 2 is 2.07 bits per heavy atom. The van der Waals surface area contributed by atoms with Crippen LogP contribution in [0, 0.1) is 19.8 Å². The Morgan fingerprint density at radius 1 is 1.23 bits per heavy atom. The molecule has 2 N–H and O–H groups in total. The number of aromatic nitrogens is 2. The van der Waals surface area contributed by atoms with Crippen LogP contribution in [-0.2, 0) is 13.1 Å². The van der Waals surface area contributed by atoms with Crippen LogP contribution in [0.15, 0.2) is 35.6 Å². The molecular formula is C23H36IN5O. The van der Waals surface area contributed by atoms with Crippen molar-refractivity contribution in [1.29, 1.82) is 0 Å². The van der Waals surface area contributed by atoms with Crippen LogP contribution >= 0.6 is 24.0 Å². The molecule has 0 amide bonds. The van der Waals surface area contributed by atoms with E-state index in [0.717, 1.165) is 68.1 Å². The molecule has 0 aliphatic heterocycles. The maximum atomic E-state index is 6.07. The van der Waals surface area contributed by atoms with E-state index in [-0.39, 0.29) is 24.0 Å². The van der Waals surface area contributed by atoms with Crippen molar-refractivity contribution in [2.24, 2.45) is 10.9 Å². The number of unbranched alkanes of at least 4 members (excludes halogenated alkanes) is 1. The summed E-state index contributed by atoms with van der Waals surface area (Å²) in [6, 6.07) is 6.40. The van der Waals surface area contributed by atoms with Crippen molar-refractivity contribution in [2.75, 3.05) is 19.7 Å². The molecule has 0 atom stereocenters. The molecule has 1 aliphatic carbocycles. The maximum Gasteiger partial charge on any atom is 0.191 e. The zero-order chi connectivity index (χ0) is 20.5. The van der Waals surface area contributed by atoms with E-state index < -0.39 is 0 Å². The third-order valence-electron chi connectivity index (χ3n) is 5.19. The largest absolute Gasteiger partial charge is 0.493 e. The van der Waals surface area contributed by atoms with E-state index in [9.17, 15) is 0 Å². The summed E-state index contributed by atoms with van der Waals surface area (Å²) in [4.78, 5) is 9.05. The second kappa shape index (κ2) is 12.8. The molecule has 0 spiro atoms. The van der Waals surface area contributed by atoms with Crippen LogP contribution < -0.4 is 15.4 Å².